The lowest BCUT2D eigenvalue weighted by Crippen LogP contribution is -2.54. The van der Waals surface area contributed by atoms with Gasteiger partial charge >= 0.3 is 0 Å². The second-order valence-electron chi connectivity index (χ2n) is 5.19. The first-order valence-corrected chi connectivity index (χ1v) is 9.13. The summed E-state index contributed by atoms with van der Waals surface area (Å²) < 4.78 is -3.40. The Morgan fingerprint density at radius 3 is 2.17 bits per heavy atom. The summed E-state index contributed by atoms with van der Waals surface area (Å²) in [5.41, 5.74) is 0.850. The van der Waals surface area contributed by atoms with Crippen LogP contribution >= 0.6 is 69.6 Å². The molecule has 24 heavy (non-hydrogen) atoms. The number of hydrogen-bond acceptors (Lipinski definition) is 3. The molecular formula is C15H11Cl6N3. The zero-order valence-electron chi connectivity index (χ0n) is 12.1. The van der Waals surface area contributed by atoms with Crippen molar-refractivity contribution in [3.63, 3.8) is 0 Å². The molecule has 1 heterocycles. The molecule has 0 fully saturated rings. The SMILES string of the molecule is ClC(Cl)(Cl)N1CN=C(c2cccc3ccccc23)N(C(Cl)(Cl)Cl)C1. The number of amidine groups is 1. The molecule has 2 aromatic rings. The van der Waals surface area contributed by atoms with Crippen LogP contribution in [0.5, 0.6) is 0 Å². The molecule has 0 unspecified atom stereocenters. The molecule has 0 bridgehead atoms. The predicted molar refractivity (Wildman–Crippen MR) is 104 cm³/mol. The Hall–Kier alpha value is -0.130. The Morgan fingerprint density at radius 2 is 1.50 bits per heavy atom. The molecule has 0 aliphatic carbocycles. The van der Waals surface area contributed by atoms with E-state index in [0.717, 1.165) is 16.3 Å². The number of halogens is 6. The highest BCUT2D eigenvalue weighted by molar-refractivity contribution is 6.68. The van der Waals surface area contributed by atoms with E-state index in [-0.39, 0.29) is 13.3 Å². The van der Waals surface area contributed by atoms with Gasteiger partial charge < -0.3 is 0 Å². The average Bonchev–Trinajstić information content (AvgIpc) is 2.52. The summed E-state index contributed by atoms with van der Waals surface area (Å²) >= 11 is 36.3. The number of aliphatic imine (C=N–C) groups is 1. The largest absolute Gasteiger partial charge is 0.299 e. The molecule has 0 atom stereocenters. The van der Waals surface area contributed by atoms with Gasteiger partial charge in [-0.15, -0.1) is 0 Å². The van der Waals surface area contributed by atoms with Crippen LogP contribution in [0.3, 0.4) is 0 Å². The third kappa shape index (κ3) is 3.83. The second-order valence-corrected chi connectivity index (χ2v) is 9.64. The summed E-state index contributed by atoms with van der Waals surface area (Å²) in [5.74, 6) is 0.539. The van der Waals surface area contributed by atoms with Gasteiger partial charge in [-0.25, -0.2) is 4.90 Å². The van der Waals surface area contributed by atoms with Gasteiger partial charge in [0.05, 0.1) is 13.3 Å². The van der Waals surface area contributed by atoms with E-state index in [1.165, 1.54) is 9.80 Å². The number of nitrogens with zero attached hydrogens (tertiary/aromatic N) is 3. The van der Waals surface area contributed by atoms with Gasteiger partial charge in [0.1, 0.15) is 5.84 Å². The maximum absolute atomic E-state index is 6.14. The summed E-state index contributed by atoms with van der Waals surface area (Å²) in [6, 6.07) is 13.8. The first-order valence-electron chi connectivity index (χ1n) is 6.86. The van der Waals surface area contributed by atoms with Crippen LogP contribution in [-0.2, 0) is 0 Å². The lowest BCUT2D eigenvalue weighted by molar-refractivity contribution is 0.170. The van der Waals surface area contributed by atoms with Gasteiger partial charge in [-0.3, -0.25) is 9.89 Å². The normalized spacial score (nSPS) is 17.2. The van der Waals surface area contributed by atoms with Gasteiger partial charge in [0.2, 0.25) is 0 Å². The maximum atomic E-state index is 6.14. The molecule has 3 nitrogen and oxygen atoms in total. The van der Waals surface area contributed by atoms with Crippen LogP contribution in [0.25, 0.3) is 10.8 Å². The lowest BCUT2D eigenvalue weighted by atomic mass is 10.0. The van der Waals surface area contributed by atoms with E-state index < -0.39 is 7.83 Å². The third-order valence-electron chi connectivity index (χ3n) is 3.65. The summed E-state index contributed by atoms with van der Waals surface area (Å²) in [5, 5.41) is 2.06. The predicted octanol–water partition coefficient (Wildman–Crippen LogP) is 5.77. The number of rotatable bonds is 1. The van der Waals surface area contributed by atoms with E-state index in [2.05, 4.69) is 4.99 Å². The van der Waals surface area contributed by atoms with Crippen molar-refractivity contribution in [2.45, 2.75) is 7.83 Å². The number of fused-ring (bicyclic) bond motifs is 1. The summed E-state index contributed by atoms with van der Waals surface area (Å²) in [6.07, 6.45) is 0. The monoisotopic (exact) mass is 443 g/mol. The Bertz CT molecular complexity index is 775. The van der Waals surface area contributed by atoms with Crippen LogP contribution in [0.15, 0.2) is 47.5 Å². The summed E-state index contributed by atoms with van der Waals surface area (Å²) in [4.78, 5) is 7.45. The maximum Gasteiger partial charge on any atom is 0.270 e. The minimum Gasteiger partial charge on any atom is -0.299 e. The van der Waals surface area contributed by atoms with Crippen molar-refractivity contribution in [2.75, 3.05) is 13.3 Å². The van der Waals surface area contributed by atoms with Gasteiger partial charge in [-0.2, -0.15) is 0 Å². The van der Waals surface area contributed by atoms with Crippen molar-refractivity contribution in [3.8, 4) is 0 Å². The summed E-state index contributed by atoms with van der Waals surface area (Å²) in [7, 11) is 0. The average molecular weight is 446 g/mol. The van der Waals surface area contributed by atoms with E-state index in [0.29, 0.717) is 5.84 Å². The van der Waals surface area contributed by atoms with Crippen LogP contribution in [0.4, 0.5) is 0 Å². The minimum absolute atomic E-state index is 0.106. The minimum atomic E-state index is -1.75. The van der Waals surface area contributed by atoms with Crippen molar-refractivity contribution in [2.24, 2.45) is 4.99 Å². The van der Waals surface area contributed by atoms with Gasteiger partial charge in [-0.1, -0.05) is 112 Å². The Labute approximate surface area is 169 Å². The molecule has 128 valence electrons. The molecular weight excluding hydrogens is 435 g/mol. The van der Waals surface area contributed by atoms with E-state index in [9.17, 15) is 0 Å². The fourth-order valence-corrected chi connectivity index (χ4v) is 3.25. The van der Waals surface area contributed by atoms with Gasteiger partial charge in [0.15, 0.2) is 0 Å². The molecule has 0 radical (unpaired) electrons. The van der Waals surface area contributed by atoms with E-state index in [4.69, 9.17) is 69.6 Å². The molecule has 3 rings (SSSR count). The Morgan fingerprint density at radius 1 is 0.833 bits per heavy atom. The first-order chi connectivity index (χ1) is 11.2. The van der Waals surface area contributed by atoms with Gasteiger partial charge in [0, 0.05) is 5.56 Å². The first kappa shape index (κ1) is 18.7. The number of alkyl halides is 6. The zero-order valence-corrected chi connectivity index (χ0v) is 16.6. The molecule has 0 aromatic heterocycles. The van der Waals surface area contributed by atoms with Crippen molar-refractivity contribution >= 4 is 86.2 Å². The molecule has 0 amide bonds. The molecule has 2 aromatic carbocycles. The van der Waals surface area contributed by atoms with Crippen molar-refractivity contribution in [1.29, 1.82) is 0 Å². The highest BCUT2D eigenvalue weighted by Gasteiger charge is 2.41. The van der Waals surface area contributed by atoms with Crippen LogP contribution < -0.4 is 0 Å². The highest BCUT2D eigenvalue weighted by atomic mass is 35.6. The quantitative estimate of drug-likeness (QED) is 0.409. The lowest BCUT2D eigenvalue weighted by Gasteiger charge is -2.42. The van der Waals surface area contributed by atoms with E-state index in [1.807, 2.05) is 42.5 Å². The van der Waals surface area contributed by atoms with Crippen LogP contribution in [0.2, 0.25) is 0 Å². The Balaban J connectivity index is 2.12. The van der Waals surface area contributed by atoms with Gasteiger partial charge in [-0.05, 0) is 10.8 Å². The van der Waals surface area contributed by atoms with Crippen molar-refractivity contribution in [3.05, 3.63) is 48.0 Å². The fourth-order valence-electron chi connectivity index (χ4n) is 2.53. The number of benzene rings is 2. The fraction of sp³-hybridized carbons (Fsp3) is 0.267. The molecule has 0 N–H and O–H groups in total. The van der Waals surface area contributed by atoms with Crippen LogP contribution in [0, 0.1) is 0 Å². The molecule has 0 saturated carbocycles. The molecule has 9 heteroatoms. The summed E-state index contributed by atoms with van der Waals surface area (Å²) in [6.45, 7) is 0.279. The van der Waals surface area contributed by atoms with E-state index >= 15 is 0 Å². The standard InChI is InChI=1S/C15H11Cl6N3/c16-14(17,18)23-8-22-13(24(9-23)15(19,20)21)12-7-3-5-10-4-1-2-6-11(10)12/h1-7H,8-9H2. The molecule has 1 aliphatic rings. The molecule has 0 spiro atoms. The molecule has 1 aliphatic heterocycles. The zero-order chi connectivity index (χ0) is 17.5. The van der Waals surface area contributed by atoms with E-state index in [1.54, 1.807) is 0 Å². The number of hydrogen-bond donors (Lipinski definition) is 0. The third-order valence-corrected chi connectivity index (χ3v) is 4.98. The highest BCUT2D eigenvalue weighted by Crippen LogP contribution is 2.39. The van der Waals surface area contributed by atoms with Crippen molar-refractivity contribution in [1.82, 2.24) is 9.80 Å². The van der Waals surface area contributed by atoms with Crippen molar-refractivity contribution < 1.29 is 0 Å². The van der Waals surface area contributed by atoms with Gasteiger partial charge in [0.25, 0.3) is 7.83 Å². The second kappa shape index (κ2) is 6.88. The van der Waals surface area contributed by atoms with Crippen LogP contribution in [-0.4, -0.2) is 36.8 Å². The molecule has 0 saturated heterocycles. The Kier molecular flexibility index (Phi) is 5.35. The topological polar surface area (TPSA) is 18.8 Å². The van der Waals surface area contributed by atoms with Crippen LogP contribution in [0.1, 0.15) is 5.56 Å². The smallest absolute Gasteiger partial charge is 0.270 e.